The quantitative estimate of drug-likeness (QED) is 0.510. The molecule has 2 amide bonds. The Morgan fingerprint density at radius 1 is 1.20 bits per heavy atom. The van der Waals surface area contributed by atoms with Gasteiger partial charge in [-0.3, -0.25) is 14.5 Å². The molecule has 1 fully saturated rings. The molecule has 2 aromatic carbocycles. The van der Waals surface area contributed by atoms with E-state index in [4.69, 9.17) is 17.0 Å². The number of carbonyl (C=O) groups is 2. The van der Waals surface area contributed by atoms with Gasteiger partial charge in [0.1, 0.15) is 10.1 Å². The Bertz CT molecular complexity index is 1010. The first-order chi connectivity index (χ1) is 14.2. The van der Waals surface area contributed by atoms with Gasteiger partial charge in [-0.25, -0.2) is 0 Å². The second kappa shape index (κ2) is 9.45. The summed E-state index contributed by atoms with van der Waals surface area (Å²) in [6, 6.07) is 13.2. The molecule has 3 rings (SSSR count). The lowest BCUT2D eigenvalue weighted by molar-refractivity contribution is -0.123. The largest absolute Gasteiger partial charge is 0.483 e. The van der Waals surface area contributed by atoms with Gasteiger partial charge in [0.25, 0.3) is 11.8 Å². The molecule has 7 heteroatoms. The van der Waals surface area contributed by atoms with Gasteiger partial charge in [-0.15, -0.1) is 0 Å². The van der Waals surface area contributed by atoms with E-state index in [1.807, 2.05) is 64.1 Å². The number of aryl methyl sites for hydroxylation is 2. The van der Waals surface area contributed by atoms with Crippen molar-refractivity contribution < 1.29 is 14.3 Å². The van der Waals surface area contributed by atoms with E-state index in [1.165, 1.54) is 11.8 Å². The minimum atomic E-state index is -0.249. The van der Waals surface area contributed by atoms with Crippen LogP contribution in [0, 0.1) is 13.8 Å². The molecule has 0 aromatic heterocycles. The summed E-state index contributed by atoms with van der Waals surface area (Å²) in [7, 11) is 0. The lowest BCUT2D eigenvalue weighted by Crippen LogP contribution is -2.34. The number of thiocarbonyl (C=S) groups is 1. The zero-order valence-electron chi connectivity index (χ0n) is 17.4. The van der Waals surface area contributed by atoms with Gasteiger partial charge in [0, 0.05) is 17.3 Å². The van der Waals surface area contributed by atoms with Gasteiger partial charge < -0.3 is 10.1 Å². The second-order valence-electron chi connectivity index (χ2n) is 7.40. The predicted octanol–water partition coefficient (Wildman–Crippen LogP) is 4.93. The molecule has 0 bridgehead atoms. The number of nitrogens with one attached hydrogen (secondary N) is 1. The third kappa shape index (κ3) is 5.29. The van der Waals surface area contributed by atoms with Crippen LogP contribution in [0.3, 0.4) is 0 Å². The van der Waals surface area contributed by atoms with Crippen LogP contribution in [-0.2, 0) is 9.59 Å². The van der Waals surface area contributed by atoms with Crippen molar-refractivity contribution in [3.8, 4) is 5.75 Å². The minimum absolute atomic E-state index is 0.00356. The number of nitrogens with zero attached hydrogens (tertiary/aromatic N) is 1. The first-order valence-corrected chi connectivity index (χ1v) is 10.8. The molecule has 0 saturated carbocycles. The normalized spacial score (nSPS) is 15.2. The number of amides is 2. The Morgan fingerprint density at radius 3 is 2.50 bits per heavy atom. The molecule has 1 N–H and O–H groups in total. The van der Waals surface area contributed by atoms with Crippen LogP contribution in [0.1, 0.15) is 30.5 Å². The minimum Gasteiger partial charge on any atom is -0.483 e. The van der Waals surface area contributed by atoms with Crippen molar-refractivity contribution in [3.63, 3.8) is 0 Å². The van der Waals surface area contributed by atoms with Crippen LogP contribution in [-0.4, -0.2) is 33.7 Å². The van der Waals surface area contributed by atoms with Crippen molar-refractivity contribution in [2.24, 2.45) is 0 Å². The van der Waals surface area contributed by atoms with E-state index in [9.17, 15) is 9.59 Å². The van der Waals surface area contributed by atoms with Crippen LogP contribution in [0.4, 0.5) is 5.69 Å². The van der Waals surface area contributed by atoms with Crippen molar-refractivity contribution in [3.05, 3.63) is 64.1 Å². The third-order valence-electron chi connectivity index (χ3n) is 4.41. The molecule has 0 spiro atoms. The molecule has 1 saturated heterocycles. The number of carbonyl (C=O) groups excluding carboxylic acids is 2. The Labute approximate surface area is 186 Å². The zero-order chi connectivity index (χ0) is 21.8. The van der Waals surface area contributed by atoms with Crippen molar-refractivity contribution in [2.75, 3.05) is 11.9 Å². The number of anilines is 1. The maximum Gasteiger partial charge on any atom is 0.266 e. The van der Waals surface area contributed by atoms with Crippen LogP contribution in [0.5, 0.6) is 5.75 Å². The highest BCUT2D eigenvalue weighted by molar-refractivity contribution is 8.26. The Hall–Kier alpha value is -2.64. The molecule has 156 valence electrons. The molecule has 5 nitrogen and oxygen atoms in total. The smallest absolute Gasteiger partial charge is 0.266 e. The van der Waals surface area contributed by atoms with Crippen LogP contribution in [0.2, 0.25) is 0 Å². The second-order valence-corrected chi connectivity index (χ2v) is 9.07. The number of rotatable bonds is 6. The maximum atomic E-state index is 12.6. The van der Waals surface area contributed by atoms with Gasteiger partial charge in [-0.2, -0.15) is 0 Å². The summed E-state index contributed by atoms with van der Waals surface area (Å²) in [5.74, 6) is 0.172. The average molecular weight is 441 g/mol. The standard InChI is InChI=1S/C23H24N2O3S2/c1-14(2)25-22(27)20(30-23(25)29)12-17-7-5-6-8-19(17)28-13-21(26)24-18-10-15(3)9-16(4)11-18/h5-12,14H,13H2,1-4H3,(H,24,26)/b20-12-. The highest BCUT2D eigenvalue weighted by atomic mass is 32.2. The highest BCUT2D eigenvalue weighted by Crippen LogP contribution is 2.35. The number of ether oxygens (including phenoxy) is 1. The molecule has 0 aliphatic carbocycles. The molecule has 1 heterocycles. The van der Waals surface area contributed by atoms with E-state index in [2.05, 4.69) is 5.32 Å². The summed E-state index contributed by atoms with van der Waals surface area (Å²) >= 11 is 6.61. The van der Waals surface area contributed by atoms with E-state index in [1.54, 1.807) is 17.0 Å². The molecular weight excluding hydrogens is 416 g/mol. The summed E-state index contributed by atoms with van der Waals surface area (Å²) in [5.41, 5.74) is 3.62. The number of hydrogen-bond donors (Lipinski definition) is 1. The van der Waals surface area contributed by atoms with E-state index < -0.39 is 0 Å². The van der Waals surface area contributed by atoms with Crippen molar-refractivity contribution in [1.29, 1.82) is 0 Å². The number of thioether (sulfide) groups is 1. The van der Waals surface area contributed by atoms with Gasteiger partial charge in [-0.1, -0.05) is 48.2 Å². The van der Waals surface area contributed by atoms with Crippen LogP contribution < -0.4 is 10.1 Å². The van der Waals surface area contributed by atoms with E-state index in [-0.39, 0.29) is 24.5 Å². The lowest BCUT2D eigenvalue weighted by atomic mass is 10.1. The van der Waals surface area contributed by atoms with Gasteiger partial charge in [0.15, 0.2) is 6.61 Å². The summed E-state index contributed by atoms with van der Waals surface area (Å²) in [6.07, 6.45) is 1.76. The molecule has 1 aliphatic heterocycles. The highest BCUT2D eigenvalue weighted by Gasteiger charge is 2.33. The van der Waals surface area contributed by atoms with Crippen molar-refractivity contribution in [1.82, 2.24) is 4.90 Å². The Kier molecular flexibility index (Phi) is 6.95. The fraction of sp³-hybridized carbons (Fsp3) is 0.261. The molecular formula is C23H24N2O3S2. The number of benzene rings is 2. The fourth-order valence-electron chi connectivity index (χ4n) is 3.18. The van der Waals surface area contributed by atoms with Gasteiger partial charge in [-0.05, 0) is 63.1 Å². The molecule has 0 atom stereocenters. The first-order valence-electron chi connectivity index (χ1n) is 9.61. The lowest BCUT2D eigenvalue weighted by Gasteiger charge is -2.18. The molecule has 0 radical (unpaired) electrons. The van der Waals surface area contributed by atoms with Gasteiger partial charge in [0.05, 0.1) is 4.91 Å². The molecule has 30 heavy (non-hydrogen) atoms. The third-order valence-corrected chi connectivity index (χ3v) is 5.74. The fourth-order valence-corrected chi connectivity index (χ4v) is 4.70. The van der Waals surface area contributed by atoms with Crippen LogP contribution in [0.15, 0.2) is 47.4 Å². The first kappa shape index (κ1) is 22.1. The zero-order valence-corrected chi connectivity index (χ0v) is 19.0. The summed E-state index contributed by atoms with van der Waals surface area (Å²) in [6.45, 7) is 7.69. The SMILES string of the molecule is Cc1cc(C)cc(NC(=O)COc2ccccc2/C=C2\SC(=S)N(C(C)C)C2=O)c1. The van der Waals surface area contributed by atoms with Crippen LogP contribution >= 0.6 is 24.0 Å². The molecule has 2 aromatic rings. The van der Waals surface area contributed by atoms with Gasteiger partial charge >= 0.3 is 0 Å². The van der Waals surface area contributed by atoms with E-state index in [0.717, 1.165) is 22.4 Å². The number of hydrogen-bond acceptors (Lipinski definition) is 5. The van der Waals surface area contributed by atoms with E-state index in [0.29, 0.717) is 15.0 Å². The van der Waals surface area contributed by atoms with Crippen LogP contribution in [0.25, 0.3) is 6.08 Å². The molecule has 1 aliphatic rings. The van der Waals surface area contributed by atoms with E-state index >= 15 is 0 Å². The molecule has 0 unspecified atom stereocenters. The topological polar surface area (TPSA) is 58.6 Å². The van der Waals surface area contributed by atoms with Gasteiger partial charge in [0.2, 0.25) is 0 Å². The van der Waals surface area contributed by atoms with Crippen molar-refractivity contribution >= 4 is 51.9 Å². The Morgan fingerprint density at radius 2 is 1.87 bits per heavy atom. The Balaban J connectivity index is 1.71. The summed E-state index contributed by atoms with van der Waals surface area (Å²) in [5, 5.41) is 2.86. The maximum absolute atomic E-state index is 12.6. The predicted molar refractivity (Wildman–Crippen MR) is 127 cm³/mol. The van der Waals surface area contributed by atoms with Crippen molar-refractivity contribution in [2.45, 2.75) is 33.7 Å². The summed E-state index contributed by atoms with van der Waals surface area (Å²) in [4.78, 5) is 27.1. The average Bonchev–Trinajstić information content (AvgIpc) is 2.93. The monoisotopic (exact) mass is 440 g/mol. The number of para-hydroxylation sites is 1. The summed E-state index contributed by atoms with van der Waals surface area (Å²) < 4.78 is 6.30.